The molecule has 4 rings (SSSR count). The summed E-state index contributed by atoms with van der Waals surface area (Å²) in [5.74, 6) is 0. The molecule has 0 saturated carbocycles. The summed E-state index contributed by atoms with van der Waals surface area (Å²) in [6.45, 7) is 0. The van der Waals surface area contributed by atoms with Crippen molar-refractivity contribution in [1.82, 2.24) is 14.6 Å². The number of aromatic nitrogens is 3. The molecule has 2 aromatic heterocycles. The van der Waals surface area contributed by atoms with Crippen LogP contribution in [0.3, 0.4) is 0 Å². The Hall–Kier alpha value is -2.66. The lowest BCUT2D eigenvalue weighted by Crippen LogP contribution is -2.14. The van der Waals surface area contributed by atoms with Crippen LogP contribution in [0, 0.1) is 0 Å². The fourth-order valence-corrected chi connectivity index (χ4v) is 2.84. The number of rotatable bonds is 2. The molecule has 4 aromatic rings. The molecule has 0 aliphatic rings. The van der Waals surface area contributed by atoms with E-state index in [1.807, 2.05) is 60.8 Å². The molecule has 0 atom stereocenters. The average molecular weight is 366 g/mol. The molecule has 0 radical (unpaired) electrons. The monoisotopic (exact) mass is 365 g/mol. The Morgan fingerprint density at radius 3 is 2.43 bits per heavy atom. The second-order valence-electron chi connectivity index (χ2n) is 5.20. The van der Waals surface area contributed by atoms with Crippen molar-refractivity contribution in [2.24, 2.45) is 0 Å². The Morgan fingerprint density at radius 2 is 1.70 bits per heavy atom. The van der Waals surface area contributed by atoms with Crippen molar-refractivity contribution in [2.75, 3.05) is 0 Å². The zero-order valence-electron chi connectivity index (χ0n) is 12.0. The summed E-state index contributed by atoms with van der Waals surface area (Å²) in [7, 11) is 0. The van der Waals surface area contributed by atoms with Crippen LogP contribution in [0.2, 0.25) is 0 Å². The highest BCUT2D eigenvalue weighted by atomic mass is 79.9. The third-order valence-corrected chi connectivity index (χ3v) is 4.25. The highest BCUT2D eigenvalue weighted by molar-refractivity contribution is 9.10. The van der Waals surface area contributed by atoms with Crippen LogP contribution in [0.1, 0.15) is 0 Å². The van der Waals surface area contributed by atoms with E-state index < -0.39 is 0 Å². The number of hydrogen-bond donors (Lipinski definition) is 1. The van der Waals surface area contributed by atoms with Crippen LogP contribution in [-0.2, 0) is 0 Å². The van der Waals surface area contributed by atoms with Crippen LogP contribution in [0.25, 0.3) is 28.0 Å². The highest BCUT2D eigenvalue weighted by Crippen LogP contribution is 2.25. The van der Waals surface area contributed by atoms with E-state index in [9.17, 15) is 4.79 Å². The SMILES string of the molecule is O=c1cc(-c2ccccc2)nc2c(-c3ccc(Br)cc3)c[nH]n12. The number of halogens is 1. The molecule has 0 amide bonds. The summed E-state index contributed by atoms with van der Waals surface area (Å²) in [6, 6.07) is 19.2. The molecule has 2 aromatic carbocycles. The molecule has 0 spiro atoms. The van der Waals surface area contributed by atoms with Gasteiger partial charge in [-0.1, -0.05) is 58.4 Å². The molecule has 0 aliphatic carbocycles. The van der Waals surface area contributed by atoms with Gasteiger partial charge in [-0.2, -0.15) is 0 Å². The van der Waals surface area contributed by atoms with Crippen LogP contribution in [-0.4, -0.2) is 14.6 Å². The fraction of sp³-hybridized carbons (Fsp3) is 0. The summed E-state index contributed by atoms with van der Waals surface area (Å²) >= 11 is 3.43. The van der Waals surface area contributed by atoms with E-state index in [4.69, 9.17) is 0 Å². The van der Waals surface area contributed by atoms with Crippen molar-refractivity contribution in [1.29, 1.82) is 0 Å². The fourth-order valence-electron chi connectivity index (χ4n) is 2.58. The lowest BCUT2D eigenvalue weighted by atomic mass is 10.1. The molecule has 0 fully saturated rings. The van der Waals surface area contributed by atoms with E-state index in [2.05, 4.69) is 26.0 Å². The topological polar surface area (TPSA) is 50.2 Å². The first kappa shape index (κ1) is 14.0. The summed E-state index contributed by atoms with van der Waals surface area (Å²) in [6.07, 6.45) is 1.81. The quantitative estimate of drug-likeness (QED) is 0.580. The van der Waals surface area contributed by atoms with Crippen molar-refractivity contribution in [3.8, 4) is 22.4 Å². The molecule has 112 valence electrons. The number of H-pyrrole nitrogens is 1. The summed E-state index contributed by atoms with van der Waals surface area (Å²) < 4.78 is 2.47. The Balaban J connectivity index is 1.96. The van der Waals surface area contributed by atoms with Gasteiger partial charge in [-0.05, 0) is 17.7 Å². The van der Waals surface area contributed by atoms with E-state index in [1.165, 1.54) is 4.52 Å². The molecule has 5 heteroatoms. The van der Waals surface area contributed by atoms with E-state index in [-0.39, 0.29) is 5.56 Å². The van der Waals surface area contributed by atoms with Crippen LogP contribution in [0.4, 0.5) is 0 Å². The average Bonchev–Trinajstić information content (AvgIpc) is 3.01. The van der Waals surface area contributed by atoms with Gasteiger partial charge in [0.1, 0.15) is 0 Å². The molecule has 0 unspecified atom stereocenters. The predicted molar refractivity (Wildman–Crippen MR) is 94.4 cm³/mol. The van der Waals surface area contributed by atoms with Crippen molar-refractivity contribution in [2.45, 2.75) is 0 Å². The molecular weight excluding hydrogens is 354 g/mol. The van der Waals surface area contributed by atoms with Gasteiger partial charge >= 0.3 is 0 Å². The molecule has 0 saturated heterocycles. The maximum absolute atomic E-state index is 12.4. The van der Waals surface area contributed by atoms with Crippen molar-refractivity contribution in [3.05, 3.63) is 81.7 Å². The summed E-state index contributed by atoms with van der Waals surface area (Å²) in [5, 5.41) is 2.98. The standard InChI is InChI=1S/C18H12BrN3O/c19-14-8-6-12(7-9-14)15-11-20-22-17(23)10-16(21-18(15)22)13-4-2-1-3-5-13/h1-11,20H. The van der Waals surface area contributed by atoms with Crippen molar-refractivity contribution < 1.29 is 0 Å². The number of aromatic amines is 1. The molecular formula is C18H12BrN3O. The molecule has 1 N–H and O–H groups in total. The van der Waals surface area contributed by atoms with Crippen LogP contribution >= 0.6 is 15.9 Å². The Morgan fingerprint density at radius 1 is 0.957 bits per heavy atom. The normalized spacial score (nSPS) is 11.0. The Labute approximate surface area is 140 Å². The third-order valence-electron chi connectivity index (χ3n) is 3.72. The molecule has 0 bridgehead atoms. The first-order chi connectivity index (χ1) is 11.2. The van der Waals surface area contributed by atoms with Gasteiger partial charge in [0.05, 0.1) is 5.69 Å². The molecule has 2 heterocycles. The van der Waals surface area contributed by atoms with Crippen molar-refractivity contribution >= 4 is 21.6 Å². The lowest BCUT2D eigenvalue weighted by molar-refractivity contribution is 0.901. The zero-order chi connectivity index (χ0) is 15.8. The zero-order valence-corrected chi connectivity index (χ0v) is 13.6. The van der Waals surface area contributed by atoms with Gasteiger partial charge in [-0.15, -0.1) is 0 Å². The number of fused-ring (bicyclic) bond motifs is 1. The first-order valence-corrected chi connectivity index (χ1v) is 7.94. The van der Waals surface area contributed by atoms with Gasteiger partial charge < -0.3 is 0 Å². The van der Waals surface area contributed by atoms with Crippen molar-refractivity contribution in [3.63, 3.8) is 0 Å². The maximum Gasteiger partial charge on any atom is 0.273 e. The predicted octanol–water partition coefficient (Wildman–Crippen LogP) is 4.12. The van der Waals surface area contributed by atoms with Gasteiger partial charge in [0, 0.05) is 27.9 Å². The summed E-state index contributed by atoms with van der Waals surface area (Å²) in [4.78, 5) is 17.0. The van der Waals surface area contributed by atoms with E-state index in [0.717, 1.165) is 21.2 Å². The first-order valence-electron chi connectivity index (χ1n) is 7.15. The van der Waals surface area contributed by atoms with E-state index in [1.54, 1.807) is 6.07 Å². The second-order valence-corrected chi connectivity index (χ2v) is 6.11. The van der Waals surface area contributed by atoms with Gasteiger partial charge in [0.2, 0.25) is 0 Å². The number of hydrogen-bond acceptors (Lipinski definition) is 2. The summed E-state index contributed by atoms with van der Waals surface area (Å²) in [5.41, 5.74) is 4.00. The van der Waals surface area contributed by atoms with Gasteiger partial charge in [0.15, 0.2) is 5.65 Å². The number of nitrogens with zero attached hydrogens (tertiary/aromatic N) is 2. The minimum atomic E-state index is -0.128. The second kappa shape index (κ2) is 5.52. The van der Waals surface area contributed by atoms with E-state index >= 15 is 0 Å². The number of nitrogens with one attached hydrogen (secondary N) is 1. The smallest absolute Gasteiger partial charge is 0.273 e. The number of benzene rings is 2. The minimum Gasteiger partial charge on any atom is -0.296 e. The van der Waals surface area contributed by atoms with Crippen LogP contribution in [0.15, 0.2) is 76.1 Å². The maximum atomic E-state index is 12.4. The molecule has 0 aliphatic heterocycles. The lowest BCUT2D eigenvalue weighted by Gasteiger charge is -2.03. The van der Waals surface area contributed by atoms with Gasteiger partial charge in [-0.25, -0.2) is 9.50 Å². The third kappa shape index (κ3) is 2.49. The molecule has 23 heavy (non-hydrogen) atoms. The Kier molecular flexibility index (Phi) is 3.35. The largest absolute Gasteiger partial charge is 0.296 e. The van der Waals surface area contributed by atoms with E-state index in [0.29, 0.717) is 11.3 Å². The van der Waals surface area contributed by atoms with Gasteiger partial charge in [0.25, 0.3) is 5.56 Å². The van der Waals surface area contributed by atoms with Gasteiger partial charge in [-0.3, -0.25) is 9.89 Å². The Bertz CT molecular complexity index is 1030. The van der Waals surface area contributed by atoms with Crippen LogP contribution in [0.5, 0.6) is 0 Å². The van der Waals surface area contributed by atoms with Crippen LogP contribution < -0.4 is 5.56 Å². The molecule has 4 nitrogen and oxygen atoms in total. The highest BCUT2D eigenvalue weighted by Gasteiger charge is 2.11. The minimum absolute atomic E-state index is 0.128.